The van der Waals surface area contributed by atoms with Gasteiger partial charge in [-0.3, -0.25) is 4.79 Å². The molecular weight excluding hydrogens is 316 g/mol. The zero-order valence-electron chi connectivity index (χ0n) is 13.4. The summed E-state index contributed by atoms with van der Waals surface area (Å²) in [7, 11) is 0. The first-order valence-corrected chi connectivity index (χ1v) is 7.73. The molecule has 4 rings (SSSR count). The number of aromatic nitrogens is 3. The van der Waals surface area contributed by atoms with E-state index >= 15 is 0 Å². The Morgan fingerprint density at radius 3 is 2.40 bits per heavy atom. The Balaban J connectivity index is 2.18. The van der Waals surface area contributed by atoms with E-state index in [-0.39, 0.29) is 5.89 Å². The molecule has 0 unspecified atom stereocenters. The van der Waals surface area contributed by atoms with Crippen LogP contribution in [0.4, 0.5) is 0 Å². The molecule has 2 N–H and O–H groups in total. The van der Waals surface area contributed by atoms with Crippen molar-refractivity contribution in [2.24, 2.45) is 5.73 Å². The highest BCUT2D eigenvalue weighted by Crippen LogP contribution is 2.36. The van der Waals surface area contributed by atoms with Crippen LogP contribution in [-0.2, 0) is 0 Å². The van der Waals surface area contributed by atoms with E-state index in [1.54, 1.807) is 6.92 Å². The van der Waals surface area contributed by atoms with E-state index in [2.05, 4.69) is 10.2 Å². The van der Waals surface area contributed by atoms with Crippen LogP contribution >= 0.6 is 0 Å². The van der Waals surface area contributed by atoms with Gasteiger partial charge in [-0.2, -0.15) is 0 Å². The van der Waals surface area contributed by atoms with E-state index in [4.69, 9.17) is 15.1 Å². The van der Waals surface area contributed by atoms with E-state index in [1.165, 1.54) is 0 Å². The average Bonchev–Trinajstić information content (AvgIpc) is 3.06. The first-order valence-electron chi connectivity index (χ1n) is 7.73. The van der Waals surface area contributed by atoms with Crippen LogP contribution in [-0.4, -0.2) is 21.1 Å². The van der Waals surface area contributed by atoms with E-state index in [1.807, 2.05) is 54.6 Å². The second kappa shape index (κ2) is 5.83. The van der Waals surface area contributed by atoms with Crippen LogP contribution in [0.5, 0.6) is 0 Å². The summed E-state index contributed by atoms with van der Waals surface area (Å²) < 4.78 is 5.60. The maximum atomic E-state index is 12.3. The van der Waals surface area contributed by atoms with Crippen LogP contribution in [0.2, 0.25) is 0 Å². The maximum absolute atomic E-state index is 12.3. The third-order valence-electron chi connectivity index (χ3n) is 3.93. The van der Waals surface area contributed by atoms with E-state index < -0.39 is 5.91 Å². The summed E-state index contributed by atoms with van der Waals surface area (Å²) in [6.07, 6.45) is 0. The number of aryl methyl sites for hydroxylation is 1. The number of nitrogens with two attached hydrogens (primary N) is 1. The lowest BCUT2D eigenvalue weighted by Crippen LogP contribution is -2.14. The minimum absolute atomic E-state index is 0.225. The Morgan fingerprint density at radius 2 is 1.72 bits per heavy atom. The molecule has 122 valence electrons. The van der Waals surface area contributed by atoms with Gasteiger partial charge in [-0.15, -0.1) is 10.2 Å². The standard InChI is InChI=1S/C19H14N4O2/c1-11-22-23-19(25-11)16-15(18(20)24)13-9-5-6-10-14(13)21-17(16)12-7-3-2-4-8-12/h2-10H,1H3,(H2,20,24). The summed E-state index contributed by atoms with van der Waals surface area (Å²) >= 11 is 0. The molecule has 2 heterocycles. The lowest BCUT2D eigenvalue weighted by atomic mass is 9.96. The highest BCUT2D eigenvalue weighted by atomic mass is 16.4. The number of carbonyl (C=O) groups is 1. The topological polar surface area (TPSA) is 94.9 Å². The molecule has 2 aromatic carbocycles. The van der Waals surface area contributed by atoms with Crippen molar-refractivity contribution in [1.82, 2.24) is 15.2 Å². The Kier molecular flexibility index (Phi) is 3.50. The van der Waals surface area contributed by atoms with Crippen LogP contribution in [0, 0.1) is 6.92 Å². The van der Waals surface area contributed by atoms with Gasteiger partial charge < -0.3 is 10.2 Å². The molecule has 0 aliphatic heterocycles. The van der Waals surface area contributed by atoms with E-state index in [9.17, 15) is 4.79 Å². The minimum atomic E-state index is -0.568. The van der Waals surface area contributed by atoms with E-state index in [0.29, 0.717) is 33.6 Å². The number of amides is 1. The molecule has 0 spiro atoms. The Morgan fingerprint density at radius 1 is 1.00 bits per heavy atom. The number of rotatable bonds is 3. The fourth-order valence-electron chi connectivity index (χ4n) is 2.88. The number of primary amides is 1. The molecule has 0 aliphatic carbocycles. The smallest absolute Gasteiger partial charge is 0.250 e. The van der Waals surface area contributed by atoms with Crippen LogP contribution in [0.1, 0.15) is 16.2 Å². The van der Waals surface area contributed by atoms with Crippen molar-refractivity contribution >= 4 is 16.8 Å². The molecule has 4 aromatic rings. The molecule has 0 bridgehead atoms. The first-order chi connectivity index (χ1) is 12.1. The third-order valence-corrected chi connectivity index (χ3v) is 3.93. The number of benzene rings is 2. The van der Waals surface area contributed by atoms with Gasteiger partial charge in [0.25, 0.3) is 5.89 Å². The number of hydrogen-bond acceptors (Lipinski definition) is 5. The molecular formula is C19H14N4O2. The van der Waals surface area contributed by atoms with Gasteiger partial charge in [-0.25, -0.2) is 4.98 Å². The quantitative estimate of drug-likeness (QED) is 0.621. The van der Waals surface area contributed by atoms with Gasteiger partial charge in [0, 0.05) is 17.9 Å². The minimum Gasteiger partial charge on any atom is -0.421 e. The molecule has 0 saturated heterocycles. The molecule has 0 radical (unpaired) electrons. The van der Waals surface area contributed by atoms with Crippen molar-refractivity contribution in [2.45, 2.75) is 6.92 Å². The Bertz CT molecular complexity index is 1090. The highest BCUT2D eigenvalue weighted by molar-refractivity contribution is 6.12. The summed E-state index contributed by atoms with van der Waals surface area (Å²) in [6, 6.07) is 16.9. The number of nitrogens with zero attached hydrogens (tertiary/aromatic N) is 3. The largest absolute Gasteiger partial charge is 0.421 e. The van der Waals surface area contributed by atoms with Crippen molar-refractivity contribution in [3.63, 3.8) is 0 Å². The van der Waals surface area contributed by atoms with Crippen LogP contribution < -0.4 is 5.73 Å². The zero-order valence-corrected chi connectivity index (χ0v) is 13.4. The van der Waals surface area contributed by atoms with Crippen LogP contribution in [0.25, 0.3) is 33.6 Å². The van der Waals surface area contributed by atoms with Gasteiger partial charge in [0.05, 0.1) is 22.3 Å². The summed E-state index contributed by atoms with van der Waals surface area (Å²) in [5.41, 5.74) is 8.59. The fraction of sp³-hybridized carbons (Fsp3) is 0.0526. The van der Waals surface area contributed by atoms with Crippen molar-refractivity contribution in [3.8, 4) is 22.7 Å². The molecule has 6 nitrogen and oxygen atoms in total. The SMILES string of the molecule is Cc1nnc(-c2c(-c3ccccc3)nc3ccccc3c2C(N)=O)o1. The van der Waals surface area contributed by atoms with Crippen LogP contribution in [0.3, 0.4) is 0 Å². The predicted molar refractivity (Wildman–Crippen MR) is 93.7 cm³/mol. The summed E-state index contributed by atoms with van der Waals surface area (Å²) in [6.45, 7) is 1.69. The zero-order chi connectivity index (χ0) is 17.4. The van der Waals surface area contributed by atoms with Gasteiger partial charge >= 0.3 is 0 Å². The third kappa shape index (κ3) is 2.53. The fourth-order valence-corrected chi connectivity index (χ4v) is 2.88. The normalized spacial score (nSPS) is 10.9. The first kappa shape index (κ1) is 15.0. The molecule has 2 aromatic heterocycles. The lowest BCUT2D eigenvalue weighted by Gasteiger charge is -2.13. The average molecular weight is 330 g/mol. The summed E-state index contributed by atoms with van der Waals surface area (Å²) in [5, 5.41) is 8.62. The molecule has 0 atom stereocenters. The number of carbonyl (C=O) groups excluding carboxylic acids is 1. The molecule has 1 amide bonds. The predicted octanol–water partition coefficient (Wildman–Crippen LogP) is 3.36. The second-order valence-electron chi connectivity index (χ2n) is 5.58. The van der Waals surface area contributed by atoms with Gasteiger partial charge in [-0.05, 0) is 6.07 Å². The summed E-state index contributed by atoms with van der Waals surface area (Å²) in [4.78, 5) is 17.0. The Labute approximate surface area is 143 Å². The maximum Gasteiger partial charge on any atom is 0.250 e. The Hall–Kier alpha value is -3.54. The van der Waals surface area contributed by atoms with Crippen molar-refractivity contribution in [2.75, 3.05) is 0 Å². The van der Waals surface area contributed by atoms with E-state index in [0.717, 1.165) is 5.56 Å². The van der Waals surface area contributed by atoms with Gasteiger partial charge in [-0.1, -0.05) is 48.5 Å². The second-order valence-corrected chi connectivity index (χ2v) is 5.58. The monoisotopic (exact) mass is 330 g/mol. The lowest BCUT2D eigenvalue weighted by molar-refractivity contribution is 0.100. The molecule has 0 fully saturated rings. The summed E-state index contributed by atoms with van der Waals surface area (Å²) in [5.74, 6) is 0.0580. The van der Waals surface area contributed by atoms with Gasteiger partial charge in [0.15, 0.2) is 0 Å². The highest BCUT2D eigenvalue weighted by Gasteiger charge is 2.24. The van der Waals surface area contributed by atoms with Crippen molar-refractivity contribution < 1.29 is 9.21 Å². The van der Waals surface area contributed by atoms with Crippen molar-refractivity contribution in [3.05, 3.63) is 66.1 Å². The van der Waals surface area contributed by atoms with Gasteiger partial charge in [0.2, 0.25) is 11.8 Å². The number of pyridine rings is 1. The van der Waals surface area contributed by atoms with Crippen molar-refractivity contribution in [1.29, 1.82) is 0 Å². The number of hydrogen-bond donors (Lipinski definition) is 1. The van der Waals surface area contributed by atoms with Crippen LogP contribution in [0.15, 0.2) is 59.0 Å². The molecule has 0 saturated carbocycles. The molecule has 25 heavy (non-hydrogen) atoms. The number of para-hydroxylation sites is 1. The number of fused-ring (bicyclic) bond motifs is 1. The molecule has 6 heteroatoms. The van der Waals surface area contributed by atoms with Gasteiger partial charge in [0.1, 0.15) is 0 Å². The molecule has 0 aliphatic rings.